The van der Waals surface area contributed by atoms with Crippen molar-refractivity contribution in [2.75, 3.05) is 5.32 Å². The Labute approximate surface area is 129 Å². The molecule has 0 fully saturated rings. The molecule has 5 heteroatoms. The van der Waals surface area contributed by atoms with Gasteiger partial charge in [0.1, 0.15) is 0 Å². The monoisotopic (exact) mass is 294 g/mol. The van der Waals surface area contributed by atoms with Gasteiger partial charge in [0.25, 0.3) is 5.91 Å². The van der Waals surface area contributed by atoms with E-state index in [1.54, 1.807) is 10.9 Å². The number of carbonyl (C=O) groups excluding carboxylic acids is 1. The molecular weight excluding hydrogens is 276 g/mol. The van der Waals surface area contributed by atoms with E-state index < -0.39 is 0 Å². The minimum atomic E-state index is -0.130. The molecule has 0 saturated heterocycles. The highest BCUT2D eigenvalue weighted by Crippen LogP contribution is 2.20. The third-order valence-corrected chi connectivity index (χ3v) is 3.60. The second-order valence-electron chi connectivity index (χ2n) is 5.63. The summed E-state index contributed by atoms with van der Waals surface area (Å²) in [4.78, 5) is 16.8. The predicted octanol–water partition coefficient (Wildman–Crippen LogP) is 3.15. The summed E-state index contributed by atoms with van der Waals surface area (Å²) in [5, 5.41) is 8.18. The van der Waals surface area contributed by atoms with Gasteiger partial charge in [0.05, 0.1) is 17.6 Å². The van der Waals surface area contributed by atoms with Gasteiger partial charge in [-0.2, -0.15) is 5.10 Å². The molecule has 1 aromatic carbocycles. The first-order valence-electron chi connectivity index (χ1n) is 7.13. The molecule has 0 aliphatic rings. The van der Waals surface area contributed by atoms with Crippen molar-refractivity contribution in [3.63, 3.8) is 0 Å². The standard InChI is InChI=1S/C17H18N4O/c1-10-5-11(2)7-13(6-10)17(22)19-14-8-15-12(3)20-21(4)16(15)18-9-14/h5-9H,1-4H3,(H,19,22). The number of benzene rings is 1. The Hall–Kier alpha value is -2.69. The van der Waals surface area contributed by atoms with Gasteiger partial charge in [0.2, 0.25) is 0 Å². The zero-order chi connectivity index (χ0) is 15.9. The van der Waals surface area contributed by atoms with E-state index in [0.29, 0.717) is 11.3 Å². The molecule has 22 heavy (non-hydrogen) atoms. The van der Waals surface area contributed by atoms with Crippen molar-refractivity contribution in [3.8, 4) is 0 Å². The summed E-state index contributed by atoms with van der Waals surface area (Å²) in [6.45, 7) is 5.90. The maximum atomic E-state index is 12.4. The molecule has 0 bridgehead atoms. The molecule has 1 N–H and O–H groups in total. The van der Waals surface area contributed by atoms with Crippen LogP contribution in [-0.2, 0) is 7.05 Å². The SMILES string of the molecule is Cc1cc(C)cc(C(=O)Nc2cnc3c(c2)c(C)nn3C)c1. The lowest BCUT2D eigenvalue weighted by Gasteiger charge is -2.07. The van der Waals surface area contributed by atoms with E-state index in [-0.39, 0.29) is 5.91 Å². The van der Waals surface area contributed by atoms with Crippen LogP contribution in [0.3, 0.4) is 0 Å². The van der Waals surface area contributed by atoms with E-state index in [1.807, 2.05) is 52.1 Å². The van der Waals surface area contributed by atoms with Gasteiger partial charge in [-0.25, -0.2) is 4.98 Å². The smallest absolute Gasteiger partial charge is 0.255 e. The summed E-state index contributed by atoms with van der Waals surface area (Å²) in [5.74, 6) is -0.130. The topological polar surface area (TPSA) is 59.8 Å². The molecule has 0 atom stereocenters. The van der Waals surface area contributed by atoms with Gasteiger partial charge in [-0.05, 0) is 39.0 Å². The quantitative estimate of drug-likeness (QED) is 0.790. The van der Waals surface area contributed by atoms with E-state index >= 15 is 0 Å². The van der Waals surface area contributed by atoms with Gasteiger partial charge in [0.15, 0.2) is 5.65 Å². The maximum Gasteiger partial charge on any atom is 0.255 e. The Kier molecular flexibility index (Phi) is 3.41. The first kappa shape index (κ1) is 14.3. The van der Waals surface area contributed by atoms with E-state index in [9.17, 15) is 4.79 Å². The second kappa shape index (κ2) is 5.26. The summed E-state index contributed by atoms with van der Waals surface area (Å²) < 4.78 is 1.74. The third kappa shape index (κ3) is 2.57. The summed E-state index contributed by atoms with van der Waals surface area (Å²) in [7, 11) is 1.86. The molecule has 0 radical (unpaired) electrons. The van der Waals surface area contributed by atoms with Crippen LogP contribution < -0.4 is 5.32 Å². The lowest BCUT2D eigenvalue weighted by molar-refractivity contribution is 0.102. The number of amides is 1. The van der Waals surface area contributed by atoms with E-state index in [0.717, 1.165) is 27.9 Å². The van der Waals surface area contributed by atoms with Crippen molar-refractivity contribution in [3.05, 3.63) is 52.8 Å². The van der Waals surface area contributed by atoms with Crippen LogP contribution in [0.1, 0.15) is 27.2 Å². The fraction of sp³-hybridized carbons (Fsp3) is 0.235. The zero-order valence-electron chi connectivity index (χ0n) is 13.1. The average molecular weight is 294 g/mol. The molecule has 2 aromatic heterocycles. The first-order valence-corrected chi connectivity index (χ1v) is 7.13. The lowest BCUT2D eigenvalue weighted by atomic mass is 10.1. The van der Waals surface area contributed by atoms with Crippen molar-refractivity contribution in [1.82, 2.24) is 14.8 Å². The number of nitrogens with one attached hydrogen (secondary N) is 1. The highest BCUT2D eigenvalue weighted by Gasteiger charge is 2.11. The zero-order valence-corrected chi connectivity index (χ0v) is 13.1. The number of aryl methyl sites for hydroxylation is 4. The van der Waals surface area contributed by atoms with E-state index in [1.165, 1.54) is 0 Å². The van der Waals surface area contributed by atoms with Gasteiger partial charge in [-0.15, -0.1) is 0 Å². The number of anilines is 1. The number of pyridine rings is 1. The van der Waals surface area contributed by atoms with Crippen molar-refractivity contribution >= 4 is 22.6 Å². The predicted molar refractivity (Wildman–Crippen MR) is 87.1 cm³/mol. The van der Waals surface area contributed by atoms with E-state index in [2.05, 4.69) is 15.4 Å². The number of rotatable bonds is 2. The van der Waals surface area contributed by atoms with Crippen LogP contribution >= 0.6 is 0 Å². The lowest BCUT2D eigenvalue weighted by Crippen LogP contribution is -2.12. The van der Waals surface area contributed by atoms with Gasteiger partial charge in [-0.3, -0.25) is 9.48 Å². The molecule has 0 aliphatic heterocycles. The molecule has 0 spiro atoms. The average Bonchev–Trinajstić information content (AvgIpc) is 2.72. The highest BCUT2D eigenvalue weighted by molar-refractivity contribution is 6.05. The Morgan fingerprint density at radius 2 is 1.77 bits per heavy atom. The molecule has 3 aromatic rings. The molecule has 1 amide bonds. The fourth-order valence-electron chi connectivity index (χ4n) is 2.69. The van der Waals surface area contributed by atoms with Gasteiger partial charge in [0, 0.05) is 18.0 Å². The number of nitrogens with zero attached hydrogens (tertiary/aromatic N) is 3. The molecule has 112 valence electrons. The molecule has 5 nitrogen and oxygen atoms in total. The largest absolute Gasteiger partial charge is 0.321 e. The summed E-state index contributed by atoms with van der Waals surface area (Å²) >= 11 is 0. The van der Waals surface area contributed by atoms with Gasteiger partial charge < -0.3 is 5.32 Å². The van der Waals surface area contributed by atoms with Gasteiger partial charge >= 0.3 is 0 Å². The van der Waals surface area contributed by atoms with Crippen LogP contribution in [0, 0.1) is 20.8 Å². The van der Waals surface area contributed by atoms with Crippen LogP contribution in [0.5, 0.6) is 0 Å². The van der Waals surface area contributed by atoms with Crippen LogP contribution in [-0.4, -0.2) is 20.7 Å². The molecule has 0 aliphatic carbocycles. The Morgan fingerprint density at radius 1 is 1.09 bits per heavy atom. The molecule has 2 heterocycles. The summed E-state index contributed by atoms with van der Waals surface area (Å²) in [6.07, 6.45) is 1.66. The van der Waals surface area contributed by atoms with Crippen LogP contribution in [0.15, 0.2) is 30.5 Å². The minimum absolute atomic E-state index is 0.130. The van der Waals surface area contributed by atoms with Crippen LogP contribution in [0.25, 0.3) is 11.0 Å². The maximum absolute atomic E-state index is 12.4. The minimum Gasteiger partial charge on any atom is -0.321 e. The number of hydrogen-bond donors (Lipinski definition) is 1. The molecule has 0 unspecified atom stereocenters. The third-order valence-electron chi connectivity index (χ3n) is 3.60. The van der Waals surface area contributed by atoms with Crippen LogP contribution in [0.4, 0.5) is 5.69 Å². The number of hydrogen-bond acceptors (Lipinski definition) is 3. The normalized spacial score (nSPS) is 10.9. The second-order valence-corrected chi connectivity index (χ2v) is 5.63. The summed E-state index contributed by atoms with van der Waals surface area (Å²) in [5.41, 5.74) is 5.17. The number of fused-ring (bicyclic) bond motifs is 1. The molecular formula is C17H18N4O. The van der Waals surface area contributed by atoms with Crippen molar-refractivity contribution in [2.24, 2.45) is 7.05 Å². The molecule has 3 rings (SSSR count). The molecule has 0 saturated carbocycles. The van der Waals surface area contributed by atoms with Crippen LogP contribution in [0.2, 0.25) is 0 Å². The number of carbonyl (C=O) groups is 1. The van der Waals surface area contributed by atoms with Crippen molar-refractivity contribution in [2.45, 2.75) is 20.8 Å². The first-order chi connectivity index (χ1) is 10.4. The number of aromatic nitrogens is 3. The highest BCUT2D eigenvalue weighted by atomic mass is 16.1. The van der Waals surface area contributed by atoms with E-state index in [4.69, 9.17) is 0 Å². The van der Waals surface area contributed by atoms with Crippen molar-refractivity contribution in [1.29, 1.82) is 0 Å². The van der Waals surface area contributed by atoms with Gasteiger partial charge in [-0.1, -0.05) is 17.2 Å². The van der Waals surface area contributed by atoms with Crippen molar-refractivity contribution < 1.29 is 4.79 Å². The Balaban J connectivity index is 1.92. The fourth-order valence-corrected chi connectivity index (χ4v) is 2.69. The Bertz CT molecular complexity index is 859. The summed E-state index contributed by atoms with van der Waals surface area (Å²) in [6, 6.07) is 7.71. The Morgan fingerprint density at radius 3 is 2.45 bits per heavy atom.